The number of fused-ring (bicyclic) bond motifs is 3. The highest BCUT2D eigenvalue weighted by Crippen LogP contribution is 2.64. The van der Waals surface area contributed by atoms with Gasteiger partial charge in [0.1, 0.15) is 0 Å². The van der Waals surface area contributed by atoms with Crippen molar-refractivity contribution in [2.45, 2.75) is 52.6 Å². The van der Waals surface area contributed by atoms with Crippen LogP contribution in [0.25, 0.3) is 10.9 Å². The van der Waals surface area contributed by atoms with Crippen LogP contribution in [0.4, 0.5) is 11.4 Å². The van der Waals surface area contributed by atoms with Crippen LogP contribution in [0, 0.1) is 29.1 Å². The van der Waals surface area contributed by atoms with Crippen molar-refractivity contribution in [2.24, 2.45) is 39.8 Å². The summed E-state index contributed by atoms with van der Waals surface area (Å²) < 4.78 is 1.62. The van der Waals surface area contributed by atoms with Gasteiger partial charge in [-0.2, -0.15) is 0 Å². The van der Waals surface area contributed by atoms with Gasteiger partial charge in [-0.1, -0.05) is 68.2 Å². The number of hydrogen-bond acceptors (Lipinski definition) is 4. The van der Waals surface area contributed by atoms with Crippen molar-refractivity contribution in [2.75, 3.05) is 24.5 Å². The van der Waals surface area contributed by atoms with Gasteiger partial charge in [0.05, 0.1) is 29.0 Å². The van der Waals surface area contributed by atoms with Gasteiger partial charge in [-0.15, -0.1) is 0 Å². The first-order valence-corrected chi connectivity index (χ1v) is 17.2. The lowest BCUT2D eigenvalue weighted by Crippen LogP contribution is -2.66. The molecule has 5 atom stereocenters. The number of anilines is 1. The zero-order chi connectivity index (χ0) is 32.2. The number of aromatic nitrogens is 2. The van der Waals surface area contributed by atoms with E-state index in [1.165, 1.54) is 18.5 Å². The molecular formula is C37H42Cl2N6O. The smallest absolute Gasteiger partial charge is 0.261 e. The van der Waals surface area contributed by atoms with Crippen LogP contribution < -0.4 is 16.2 Å². The van der Waals surface area contributed by atoms with Gasteiger partial charge < -0.3 is 15.5 Å². The van der Waals surface area contributed by atoms with Gasteiger partial charge in [-0.25, -0.2) is 9.98 Å². The normalized spacial score (nSPS) is 25.8. The van der Waals surface area contributed by atoms with Crippen molar-refractivity contribution < 1.29 is 0 Å². The Labute approximate surface area is 281 Å². The van der Waals surface area contributed by atoms with Crippen LogP contribution in [0.3, 0.4) is 0 Å². The Hall–Kier alpha value is -3.55. The van der Waals surface area contributed by atoms with Gasteiger partial charge in [-0.05, 0) is 96.4 Å². The third-order valence-corrected chi connectivity index (χ3v) is 11.9. The van der Waals surface area contributed by atoms with E-state index in [9.17, 15) is 4.79 Å². The van der Waals surface area contributed by atoms with E-state index in [2.05, 4.69) is 65.9 Å². The maximum absolute atomic E-state index is 13.3. The second kappa shape index (κ2) is 12.2. The lowest BCUT2D eigenvalue weighted by Gasteiger charge is -2.65. The Bertz CT molecular complexity index is 1840. The van der Waals surface area contributed by atoms with Crippen LogP contribution in [-0.4, -0.2) is 46.1 Å². The summed E-state index contributed by atoms with van der Waals surface area (Å²) in [5.41, 5.74) is 10.7. The number of para-hydroxylation sites is 1. The maximum atomic E-state index is 13.3. The quantitative estimate of drug-likeness (QED) is 0.173. The molecular weight excluding hydrogens is 615 g/mol. The molecule has 7 nitrogen and oxygen atoms in total. The first kappa shape index (κ1) is 31.1. The number of aryl methyl sites for hydroxylation is 2. The van der Waals surface area contributed by atoms with E-state index in [1.807, 2.05) is 30.3 Å². The topological polar surface area (TPSA) is 79.8 Å². The summed E-state index contributed by atoms with van der Waals surface area (Å²) in [4.78, 5) is 27.8. The molecule has 4 fully saturated rings. The van der Waals surface area contributed by atoms with Crippen LogP contribution in [-0.2, 0) is 13.0 Å². The monoisotopic (exact) mass is 656 g/mol. The number of piperazine rings is 1. The minimum atomic E-state index is -0.0940. The van der Waals surface area contributed by atoms with Gasteiger partial charge in [0.15, 0.2) is 5.96 Å². The van der Waals surface area contributed by atoms with Crippen molar-refractivity contribution in [3.8, 4) is 0 Å². The average molecular weight is 658 g/mol. The molecule has 8 rings (SSSR count). The molecule has 1 aliphatic heterocycles. The van der Waals surface area contributed by atoms with Crippen molar-refractivity contribution >= 4 is 51.4 Å². The highest BCUT2D eigenvalue weighted by atomic mass is 35.5. The van der Waals surface area contributed by atoms with Gasteiger partial charge >= 0.3 is 0 Å². The molecule has 1 aromatic heterocycles. The number of halogens is 2. The first-order valence-electron chi connectivity index (χ1n) is 16.4. The molecule has 9 heteroatoms. The molecule has 2 heterocycles. The van der Waals surface area contributed by atoms with Crippen LogP contribution in [0.1, 0.15) is 39.2 Å². The molecule has 1 saturated heterocycles. The Kier molecular flexibility index (Phi) is 8.26. The molecule has 2 bridgehead atoms. The standard InChI is InChI=1S/C37H42Cl2N6O/c1-23-17-29(31-20-30(23)37(31,2)3)34-21-43(27-7-5-4-6-8-27)15-16-45(34)36(40)42-26-11-12-28-33(19-26)41-22-44(35(28)46)14-13-24-9-10-25(38)18-32(24)39/h4-12,18-19,22-23,29-31,34H,13-17,20-21H2,1-3H3,(H2,40,42)/t23?,29?,30-,31?,34?/m1/s1. The van der Waals surface area contributed by atoms with Crippen molar-refractivity contribution in [3.63, 3.8) is 0 Å². The minimum absolute atomic E-state index is 0.0940. The third-order valence-electron chi connectivity index (χ3n) is 11.3. The minimum Gasteiger partial charge on any atom is -0.369 e. The number of benzene rings is 3. The van der Waals surface area contributed by atoms with E-state index in [0.29, 0.717) is 68.7 Å². The molecule has 3 aromatic carbocycles. The lowest BCUT2D eigenvalue weighted by atomic mass is 9.42. The predicted molar refractivity (Wildman–Crippen MR) is 189 cm³/mol. The van der Waals surface area contributed by atoms with E-state index in [0.717, 1.165) is 31.1 Å². The Morgan fingerprint density at radius 1 is 1.02 bits per heavy atom. The largest absolute Gasteiger partial charge is 0.369 e. The highest BCUT2D eigenvalue weighted by Gasteiger charge is 2.59. The summed E-state index contributed by atoms with van der Waals surface area (Å²) >= 11 is 12.4. The number of aliphatic imine (C=N–C) groups is 1. The second-order valence-corrected chi connectivity index (χ2v) is 14.9. The van der Waals surface area contributed by atoms with E-state index >= 15 is 0 Å². The SMILES string of the molecule is CC1CC(C2CN(c3ccccc3)CCN2C(N)=Nc2ccc3c(=O)n(CCc4ccc(Cl)cc4Cl)cnc3c2)C2C[C@H]1C2(C)C. The summed E-state index contributed by atoms with van der Waals surface area (Å²) in [6.45, 7) is 10.5. The molecule has 240 valence electrons. The van der Waals surface area contributed by atoms with Crippen LogP contribution >= 0.6 is 23.2 Å². The third kappa shape index (κ3) is 5.66. The number of hydrogen-bond donors (Lipinski definition) is 1. The number of rotatable bonds is 6. The molecule has 0 amide bonds. The molecule has 0 spiro atoms. The Morgan fingerprint density at radius 2 is 1.83 bits per heavy atom. The van der Waals surface area contributed by atoms with E-state index < -0.39 is 0 Å². The Balaban J connectivity index is 1.14. The predicted octanol–water partition coefficient (Wildman–Crippen LogP) is 7.40. The van der Waals surface area contributed by atoms with Crippen molar-refractivity contribution in [1.29, 1.82) is 0 Å². The van der Waals surface area contributed by atoms with Crippen LogP contribution in [0.2, 0.25) is 10.0 Å². The second-order valence-electron chi connectivity index (χ2n) is 14.1. The highest BCUT2D eigenvalue weighted by molar-refractivity contribution is 6.35. The molecule has 4 aliphatic rings. The fourth-order valence-electron chi connectivity index (χ4n) is 8.74. The first-order chi connectivity index (χ1) is 22.1. The average Bonchev–Trinajstić information content (AvgIpc) is 3.04. The van der Waals surface area contributed by atoms with Gasteiger partial charge in [-0.3, -0.25) is 9.36 Å². The van der Waals surface area contributed by atoms with Crippen LogP contribution in [0.5, 0.6) is 0 Å². The molecule has 3 aliphatic carbocycles. The molecule has 0 radical (unpaired) electrons. The fourth-order valence-corrected chi connectivity index (χ4v) is 9.25. The molecule has 4 unspecified atom stereocenters. The van der Waals surface area contributed by atoms with Gasteiger partial charge in [0, 0.05) is 41.9 Å². The van der Waals surface area contributed by atoms with Crippen molar-refractivity contribution in [1.82, 2.24) is 14.5 Å². The summed E-state index contributed by atoms with van der Waals surface area (Å²) in [5, 5.41) is 1.73. The molecule has 46 heavy (non-hydrogen) atoms. The number of nitrogens with zero attached hydrogens (tertiary/aromatic N) is 5. The zero-order valence-electron chi connectivity index (χ0n) is 26.7. The fraction of sp³-hybridized carbons (Fsp3) is 0.432. The zero-order valence-corrected chi connectivity index (χ0v) is 28.3. The number of guanidine groups is 1. The van der Waals surface area contributed by atoms with Gasteiger partial charge in [0.25, 0.3) is 5.56 Å². The summed E-state index contributed by atoms with van der Waals surface area (Å²) in [5.74, 6) is 3.29. The van der Waals surface area contributed by atoms with E-state index in [-0.39, 0.29) is 11.6 Å². The Morgan fingerprint density at radius 3 is 2.57 bits per heavy atom. The molecule has 2 N–H and O–H groups in total. The van der Waals surface area contributed by atoms with Gasteiger partial charge in [0.2, 0.25) is 0 Å². The molecule has 3 saturated carbocycles. The summed E-state index contributed by atoms with van der Waals surface area (Å²) in [7, 11) is 0. The number of nitrogens with two attached hydrogens (primary N) is 1. The maximum Gasteiger partial charge on any atom is 0.261 e. The molecule has 4 aromatic rings. The van der Waals surface area contributed by atoms with Crippen LogP contribution in [0.15, 0.2) is 82.8 Å². The van der Waals surface area contributed by atoms with Crippen molar-refractivity contribution in [3.05, 3.63) is 99.0 Å². The summed E-state index contributed by atoms with van der Waals surface area (Å²) in [6.07, 6.45) is 4.74. The summed E-state index contributed by atoms with van der Waals surface area (Å²) in [6, 6.07) is 22.0. The van der Waals surface area contributed by atoms with E-state index in [1.54, 1.807) is 17.0 Å². The lowest BCUT2D eigenvalue weighted by molar-refractivity contribution is -0.151. The van der Waals surface area contributed by atoms with E-state index in [4.69, 9.17) is 33.9 Å².